The van der Waals surface area contributed by atoms with Crippen LogP contribution in [0, 0.1) is 5.92 Å². The van der Waals surface area contributed by atoms with Crippen LogP contribution in [0.15, 0.2) is 24.3 Å². The Bertz CT molecular complexity index is 776. The van der Waals surface area contributed by atoms with Crippen LogP contribution in [0.2, 0.25) is 0 Å². The average Bonchev–Trinajstić information content (AvgIpc) is 3.43. The van der Waals surface area contributed by atoms with Crippen LogP contribution in [0.5, 0.6) is 0 Å². The second-order valence-electron chi connectivity index (χ2n) is 9.47. The van der Waals surface area contributed by atoms with Gasteiger partial charge in [-0.15, -0.1) is 0 Å². The molecule has 0 saturated heterocycles. The van der Waals surface area contributed by atoms with E-state index in [1.807, 2.05) is 0 Å². The molecule has 1 unspecified atom stereocenters. The van der Waals surface area contributed by atoms with Crippen LogP contribution in [-0.4, -0.2) is 29.4 Å². The molecule has 3 rings (SSSR count). The highest BCUT2D eigenvalue weighted by molar-refractivity contribution is 6.07. The molecule has 2 N–H and O–H groups in total. The summed E-state index contributed by atoms with van der Waals surface area (Å²) >= 11 is 0. The molecule has 0 radical (unpaired) electrons. The van der Waals surface area contributed by atoms with Gasteiger partial charge in [-0.2, -0.15) is 0 Å². The summed E-state index contributed by atoms with van der Waals surface area (Å²) in [6.07, 6.45) is 10.3. The number of Topliss-reactive ketones (excluding diaryl/α,β-unsaturated/α-hetero) is 2. The average molecular weight is 441 g/mol. The third kappa shape index (κ3) is 7.28. The molecule has 1 aromatic carbocycles. The van der Waals surface area contributed by atoms with Crippen LogP contribution in [0.1, 0.15) is 95.5 Å². The smallest absolute Gasteiger partial charge is 0.235 e. The third-order valence-electron chi connectivity index (χ3n) is 6.71. The Morgan fingerprint density at radius 1 is 0.906 bits per heavy atom. The minimum atomic E-state index is -0.795. The van der Waals surface area contributed by atoms with Crippen LogP contribution in [-0.2, 0) is 19.2 Å². The Morgan fingerprint density at radius 3 is 2.16 bits per heavy atom. The first-order valence-electron chi connectivity index (χ1n) is 12.1. The van der Waals surface area contributed by atoms with Crippen molar-refractivity contribution in [2.24, 2.45) is 5.92 Å². The zero-order valence-electron chi connectivity index (χ0n) is 19.2. The number of hydrogen-bond donors (Lipinski definition) is 2. The molecule has 1 atom stereocenters. The molecule has 1 aromatic rings. The van der Waals surface area contributed by atoms with E-state index in [9.17, 15) is 19.2 Å². The molecule has 0 bridgehead atoms. The van der Waals surface area contributed by atoms with Crippen molar-refractivity contribution in [1.29, 1.82) is 0 Å². The van der Waals surface area contributed by atoms with E-state index in [-0.39, 0.29) is 35.8 Å². The lowest BCUT2D eigenvalue weighted by atomic mass is 9.87. The Morgan fingerprint density at radius 2 is 1.53 bits per heavy atom. The quantitative estimate of drug-likeness (QED) is 0.489. The molecule has 2 aliphatic carbocycles. The number of ketones is 2. The van der Waals surface area contributed by atoms with Gasteiger partial charge in [-0.1, -0.05) is 50.7 Å². The predicted octanol–water partition coefficient (Wildman–Crippen LogP) is 4.68. The first-order valence-corrected chi connectivity index (χ1v) is 12.1. The van der Waals surface area contributed by atoms with E-state index in [1.54, 1.807) is 24.3 Å². The maximum Gasteiger partial charge on any atom is 0.235 e. The molecule has 0 heterocycles. The highest BCUT2D eigenvalue weighted by atomic mass is 16.2. The molecule has 2 saturated carbocycles. The Hall–Kier alpha value is -2.50. The summed E-state index contributed by atoms with van der Waals surface area (Å²) in [6, 6.07) is 7.21. The minimum absolute atomic E-state index is 0.00610. The fourth-order valence-electron chi connectivity index (χ4n) is 4.94. The molecule has 6 nitrogen and oxygen atoms in total. The largest absolute Gasteiger partial charge is 0.352 e. The van der Waals surface area contributed by atoms with E-state index in [1.165, 1.54) is 6.92 Å². The van der Waals surface area contributed by atoms with Gasteiger partial charge >= 0.3 is 0 Å². The summed E-state index contributed by atoms with van der Waals surface area (Å²) in [4.78, 5) is 49.4. The molecule has 2 fully saturated rings. The fraction of sp³-hybridized carbons (Fsp3) is 0.615. The van der Waals surface area contributed by atoms with Gasteiger partial charge < -0.3 is 15.4 Å². The number of amides is 2. The zero-order chi connectivity index (χ0) is 22.9. The number of anilines is 1. The monoisotopic (exact) mass is 440 g/mol. The number of hydrogen-bond acceptors (Lipinski definition) is 4. The molecule has 174 valence electrons. The molecule has 0 aliphatic heterocycles. The van der Waals surface area contributed by atoms with Crippen LogP contribution in [0.4, 0.5) is 5.69 Å². The molecular formula is C26H36N2O4. The Labute approximate surface area is 190 Å². The normalized spacial score (nSPS) is 17.8. The number of carbonyl (C=O) groups is 4. The van der Waals surface area contributed by atoms with Crippen molar-refractivity contribution >= 4 is 29.1 Å². The SMILES string of the molecule is CC(=O)CCCC(=O)Nc1ccc(C(C(=O)CC2CCCC2)C(=O)NC2CCCC2)cc1. The summed E-state index contributed by atoms with van der Waals surface area (Å²) in [5, 5.41) is 5.93. The third-order valence-corrected chi connectivity index (χ3v) is 6.71. The van der Waals surface area contributed by atoms with Crippen molar-refractivity contribution in [3.8, 4) is 0 Å². The highest BCUT2D eigenvalue weighted by Gasteiger charge is 2.32. The summed E-state index contributed by atoms with van der Waals surface area (Å²) in [6.45, 7) is 1.52. The second kappa shape index (κ2) is 11.9. The standard InChI is InChI=1S/C26H36N2O4/c1-18(29)7-6-12-24(31)27-22-15-13-20(14-16-22)25(23(30)17-19-8-2-3-9-19)26(32)28-21-10-4-5-11-21/h13-16,19,21,25H,2-12,17H2,1H3,(H,27,31)(H,28,32). The van der Waals surface area contributed by atoms with Crippen molar-refractivity contribution in [3.05, 3.63) is 29.8 Å². The summed E-state index contributed by atoms with van der Waals surface area (Å²) in [5.74, 6) is -0.679. The van der Waals surface area contributed by atoms with Gasteiger partial charge in [-0.25, -0.2) is 0 Å². The van der Waals surface area contributed by atoms with Gasteiger partial charge in [0.25, 0.3) is 0 Å². The van der Waals surface area contributed by atoms with E-state index >= 15 is 0 Å². The second-order valence-corrected chi connectivity index (χ2v) is 9.47. The summed E-state index contributed by atoms with van der Waals surface area (Å²) in [5.41, 5.74) is 1.30. The van der Waals surface area contributed by atoms with E-state index in [0.29, 0.717) is 36.4 Å². The van der Waals surface area contributed by atoms with Gasteiger partial charge in [0, 0.05) is 31.0 Å². The lowest BCUT2D eigenvalue weighted by molar-refractivity contribution is -0.131. The first kappa shape index (κ1) is 24.1. The van der Waals surface area contributed by atoms with E-state index < -0.39 is 5.92 Å². The lowest BCUT2D eigenvalue weighted by Gasteiger charge is -2.21. The number of rotatable bonds is 11. The van der Waals surface area contributed by atoms with Crippen molar-refractivity contribution in [1.82, 2.24) is 5.32 Å². The molecule has 0 aromatic heterocycles. The maximum atomic E-state index is 13.2. The lowest BCUT2D eigenvalue weighted by Crippen LogP contribution is -2.39. The van der Waals surface area contributed by atoms with Gasteiger partial charge in [0.05, 0.1) is 0 Å². The first-order chi connectivity index (χ1) is 15.4. The molecule has 0 spiro atoms. The van der Waals surface area contributed by atoms with E-state index in [0.717, 1.165) is 51.4 Å². The summed E-state index contributed by atoms with van der Waals surface area (Å²) in [7, 11) is 0. The van der Waals surface area contributed by atoms with E-state index in [2.05, 4.69) is 10.6 Å². The van der Waals surface area contributed by atoms with Crippen LogP contribution < -0.4 is 10.6 Å². The predicted molar refractivity (Wildman–Crippen MR) is 124 cm³/mol. The van der Waals surface area contributed by atoms with Gasteiger partial charge in [0.2, 0.25) is 11.8 Å². The van der Waals surface area contributed by atoms with Gasteiger partial charge in [0.1, 0.15) is 17.5 Å². The van der Waals surface area contributed by atoms with Gasteiger partial charge in [-0.3, -0.25) is 14.4 Å². The highest BCUT2D eigenvalue weighted by Crippen LogP contribution is 2.31. The number of carbonyl (C=O) groups excluding carboxylic acids is 4. The van der Waals surface area contributed by atoms with Gasteiger partial charge in [0.15, 0.2) is 0 Å². The van der Waals surface area contributed by atoms with Gasteiger partial charge in [-0.05, 0) is 49.8 Å². The van der Waals surface area contributed by atoms with Crippen molar-refractivity contribution < 1.29 is 19.2 Å². The zero-order valence-corrected chi connectivity index (χ0v) is 19.2. The van der Waals surface area contributed by atoms with Crippen molar-refractivity contribution in [3.63, 3.8) is 0 Å². The maximum absolute atomic E-state index is 13.2. The topological polar surface area (TPSA) is 92.3 Å². The number of nitrogens with one attached hydrogen (secondary N) is 2. The van der Waals surface area contributed by atoms with Crippen LogP contribution >= 0.6 is 0 Å². The van der Waals surface area contributed by atoms with Crippen molar-refractivity contribution in [2.75, 3.05) is 5.32 Å². The van der Waals surface area contributed by atoms with Crippen molar-refractivity contribution in [2.45, 2.75) is 95.9 Å². The molecule has 2 aliphatic rings. The van der Waals surface area contributed by atoms with Crippen LogP contribution in [0.25, 0.3) is 0 Å². The summed E-state index contributed by atoms with van der Waals surface area (Å²) < 4.78 is 0. The minimum Gasteiger partial charge on any atom is -0.352 e. The number of benzene rings is 1. The van der Waals surface area contributed by atoms with Crippen LogP contribution in [0.3, 0.4) is 0 Å². The van der Waals surface area contributed by atoms with E-state index in [4.69, 9.17) is 0 Å². The Kier molecular flexibility index (Phi) is 9.00. The molecule has 32 heavy (non-hydrogen) atoms. The fourth-order valence-corrected chi connectivity index (χ4v) is 4.94. The molecular weight excluding hydrogens is 404 g/mol. The molecule has 2 amide bonds. The Balaban J connectivity index is 1.65. The molecule has 6 heteroatoms.